The Morgan fingerprint density at radius 1 is 0.939 bits per heavy atom. The van der Waals surface area contributed by atoms with Crippen LogP contribution in [0.15, 0.2) is 71.6 Å². The van der Waals surface area contributed by atoms with E-state index in [4.69, 9.17) is 11.6 Å². The molecule has 1 aliphatic heterocycles. The molecule has 1 amide bonds. The zero-order valence-corrected chi connectivity index (χ0v) is 19.5. The van der Waals surface area contributed by atoms with E-state index in [0.717, 1.165) is 11.3 Å². The van der Waals surface area contributed by atoms with Gasteiger partial charge in [0.25, 0.3) is 15.9 Å². The highest BCUT2D eigenvalue weighted by molar-refractivity contribution is 7.92. The molecule has 1 heterocycles. The number of amides is 1. The van der Waals surface area contributed by atoms with E-state index in [2.05, 4.69) is 9.62 Å². The Kier molecular flexibility index (Phi) is 6.58. The molecule has 1 saturated heterocycles. The number of anilines is 2. The topological polar surface area (TPSA) is 69.7 Å². The molecule has 172 valence electrons. The zero-order valence-electron chi connectivity index (χ0n) is 18.0. The van der Waals surface area contributed by atoms with Gasteiger partial charge in [-0.25, -0.2) is 12.8 Å². The van der Waals surface area contributed by atoms with Gasteiger partial charge in [0.1, 0.15) is 5.82 Å². The number of aryl methyl sites for hydroxylation is 1. The highest BCUT2D eigenvalue weighted by Gasteiger charge is 2.25. The molecule has 0 atom stereocenters. The van der Waals surface area contributed by atoms with Gasteiger partial charge >= 0.3 is 0 Å². The molecule has 1 fully saturated rings. The number of piperazine rings is 1. The number of nitrogens with zero attached hydrogens (tertiary/aromatic N) is 2. The highest BCUT2D eigenvalue weighted by atomic mass is 35.5. The second-order valence-corrected chi connectivity index (χ2v) is 9.96. The summed E-state index contributed by atoms with van der Waals surface area (Å²) in [6.07, 6.45) is 0. The van der Waals surface area contributed by atoms with Crippen LogP contribution in [-0.4, -0.2) is 45.4 Å². The SMILES string of the molecule is Cc1ccc(S(=O)(=O)Nc2ccc(Cl)c(C(=O)N3CCN(c4ccc(F)cc4)CC3)c2)cc1. The van der Waals surface area contributed by atoms with E-state index >= 15 is 0 Å². The Hall–Kier alpha value is -3.10. The number of rotatable bonds is 5. The van der Waals surface area contributed by atoms with Crippen molar-refractivity contribution in [1.82, 2.24) is 4.90 Å². The second-order valence-electron chi connectivity index (χ2n) is 7.87. The van der Waals surface area contributed by atoms with Crippen LogP contribution in [0.3, 0.4) is 0 Å². The summed E-state index contributed by atoms with van der Waals surface area (Å²) in [4.78, 5) is 17.0. The Labute approximate surface area is 197 Å². The fourth-order valence-corrected chi connectivity index (χ4v) is 4.92. The molecule has 3 aromatic rings. The average Bonchev–Trinajstić information content (AvgIpc) is 2.81. The highest BCUT2D eigenvalue weighted by Crippen LogP contribution is 2.25. The zero-order chi connectivity index (χ0) is 23.6. The summed E-state index contributed by atoms with van der Waals surface area (Å²) in [6.45, 7) is 3.99. The lowest BCUT2D eigenvalue weighted by atomic mass is 10.1. The molecule has 0 unspecified atom stereocenters. The molecule has 1 aliphatic rings. The first-order chi connectivity index (χ1) is 15.7. The summed E-state index contributed by atoms with van der Waals surface area (Å²) in [7, 11) is -3.80. The molecule has 0 spiro atoms. The number of benzene rings is 3. The van der Waals surface area contributed by atoms with E-state index in [9.17, 15) is 17.6 Å². The maximum Gasteiger partial charge on any atom is 0.261 e. The third-order valence-electron chi connectivity index (χ3n) is 5.54. The van der Waals surface area contributed by atoms with Crippen LogP contribution >= 0.6 is 11.6 Å². The summed E-state index contributed by atoms with van der Waals surface area (Å²) < 4.78 is 41.1. The van der Waals surface area contributed by atoms with Crippen LogP contribution in [0.1, 0.15) is 15.9 Å². The van der Waals surface area contributed by atoms with Crippen LogP contribution in [0.5, 0.6) is 0 Å². The molecule has 9 heteroatoms. The second kappa shape index (κ2) is 9.41. The number of hydrogen-bond donors (Lipinski definition) is 1. The summed E-state index contributed by atoms with van der Waals surface area (Å²) in [5, 5.41) is 0.249. The number of nitrogens with one attached hydrogen (secondary N) is 1. The molecular weight excluding hydrogens is 465 g/mol. The van der Waals surface area contributed by atoms with Gasteiger partial charge in [-0.1, -0.05) is 29.3 Å². The van der Waals surface area contributed by atoms with Crippen LogP contribution in [0.25, 0.3) is 0 Å². The van der Waals surface area contributed by atoms with E-state index in [1.54, 1.807) is 29.2 Å². The van der Waals surface area contributed by atoms with Crippen molar-refractivity contribution in [2.45, 2.75) is 11.8 Å². The predicted molar refractivity (Wildman–Crippen MR) is 128 cm³/mol. The molecule has 0 aromatic heterocycles. The molecule has 0 saturated carbocycles. The van der Waals surface area contributed by atoms with Gasteiger partial charge in [-0.05, 0) is 61.5 Å². The van der Waals surface area contributed by atoms with Gasteiger partial charge in [0.2, 0.25) is 0 Å². The molecule has 3 aromatic carbocycles. The van der Waals surface area contributed by atoms with Crippen LogP contribution in [-0.2, 0) is 10.0 Å². The number of carbonyl (C=O) groups excluding carboxylic acids is 1. The lowest BCUT2D eigenvalue weighted by Gasteiger charge is -2.36. The first-order valence-electron chi connectivity index (χ1n) is 10.4. The van der Waals surface area contributed by atoms with Crippen LogP contribution in [0.2, 0.25) is 5.02 Å². The Bertz CT molecular complexity index is 1260. The van der Waals surface area contributed by atoms with Gasteiger partial charge in [0.05, 0.1) is 15.5 Å². The predicted octanol–water partition coefficient (Wildman–Crippen LogP) is 4.55. The van der Waals surface area contributed by atoms with Crippen molar-refractivity contribution in [3.05, 3.63) is 88.7 Å². The van der Waals surface area contributed by atoms with Crippen molar-refractivity contribution >= 4 is 38.9 Å². The normalized spacial score (nSPS) is 14.3. The van der Waals surface area contributed by atoms with Crippen LogP contribution in [0, 0.1) is 12.7 Å². The van der Waals surface area contributed by atoms with E-state index < -0.39 is 10.0 Å². The van der Waals surface area contributed by atoms with Gasteiger partial charge in [-0.3, -0.25) is 9.52 Å². The Morgan fingerprint density at radius 2 is 1.58 bits per heavy atom. The first-order valence-corrected chi connectivity index (χ1v) is 12.3. The molecule has 6 nitrogen and oxygen atoms in total. The minimum absolute atomic E-state index is 0.132. The number of hydrogen-bond acceptors (Lipinski definition) is 4. The summed E-state index contributed by atoms with van der Waals surface area (Å²) in [6, 6.07) is 17.2. The van der Waals surface area contributed by atoms with Gasteiger partial charge in [-0.15, -0.1) is 0 Å². The minimum Gasteiger partial charge on any atom is -0.368 e. The van der Waals surface area contributed by atoms with E-state index in [0.29, 0.717) is 26.2 Å². The summed E-state index contributed by atoms with van der Waals surface area (Å²) >= 11 is 6.28. The van der Waals surface area contributed by atoms with Gasteiger partial charge in [-0.2, -0.15) is 0 Å². The van der Waals surface area contributed by atoms with Crippen molar-refractivity contribution in [2.75, 3.05) is 35.8 Å². The largest absolute Gasteiger partial charge is 0.368 e. The van der Waals surface area contributed by atoms with Crippen LogP contribution < -0.4 is 9.62 Å². The average molecular weight is 488 g/mol. The van der Waals surface area contributed by atoms with Crippen molar-refractivity contribution in [3.63, 3.8) is 0 Å². The molecule has 0 aliphatic carbocycles. The molecular formula is C24H23ClFN3O3S. The third-order valence-corrected chi connectivity index (χ3v) is 7.27. The van der Waals surface area contributed by atoms with Crippen molar-refractivity contribution < 1.29 is 17.6 Å². The summed E-state index contributed by atoms with van der Waals surface area (Å²) in [5.74, 6) is -0.560. The number of carbonyl (C=O) groups is 1. The minimum atomic E-state index is -3.80. The third kappa shape index (κ3) is 5.29. The smallest absolute Gasteiger partial charge is 0.261 e. The molecule has 0 radical (unpaired) electrons. The quantitative estimate of drug-likeness (QED) is 0.573. The molecule has 33 heavy (non-hydrogen) atoms. The van der Waals surface area contributed by atoms with E-state index in [1.165, 1.54) is 42.5 Å². The van der Waals surface area contributed by atoms with E-state index in [1.807, 2.05) is 6.92 Å². The molecule has 1 N–H and O–H groups in total. The first kappa shape index (κ1) is 23.1. The van der Waals surface area contributed by atoms with Gasteiger partial charge in [0.15, 0.2) is 0 Å². The standard InChI is InChI=1S/C24H23ClFN3O3S/c1-17-2-9-21(10-3-17)33(31,32)27-19-6-11-23(25)22(16-19)24(30)29-14-12-28(13-15-29)20-7-4-18(26)5-8-20/h2-11,16,27H,12-15H2,1H3. The van der Waals surface area contributed by atoms with Crippen LogP contribution in [0.4, 0.5) is 15.8 Å². The van der Waals surface area contributed by atoms with Gasteiger partial charge in [0, 0.05) is 37.6 Å². The number of sulfonamides is 1. The van der Waals surface area contributed by atoms with Crippen molar-refractivity contribution in [3.8, 4) is 0 Å². The monoisotopic (exact) mass is 487 g/mol. The van der Waals surface area contributed by atoms with Gasteiger partial charge < -0.3 is 9.80 Å². The maximum absolute atomic E-state index is 13.2. The molecule has 4 rings (SSSR count). The summed E-state index contributed by atoms with van der Waals surface area (Å²) in [5.41, 5.74) is 2.34. The van der Waals surface area contributed by atoms with Crippen molar-refractivity contribution in [2.24, 2.45) is 0 Å². The van der Waals surface area contributed by atoms with Crippen molar-refractivity contribution in [1.29, 1.82) is 0 Å². The Morgan fingerprint density at radius 3 is 2.21 bits per heavy atom. The maximum atomic E-state index is 13.2. The lowest BCUT2D eigenvalue weighted by Crippen LogP contribution is -2.48. The molecule has 0 bridgehead atoms. The Balaban J connectivity index is 1.47. The lowest BCUT2D eigenvalue weighted by molar-refractivity contribution is 0.0747. The fraction of sp³-hybridized carbons (Fsp3) is 0.208. The van der Waals surface area contributed by atoms with E-state index in [-0.39, 0.29) is 32.9 Å². The number of halogens is 2. The fourth-order valence-electron chi connectivity index (χ4n) is 3.67.